The van der Waals surface area contributed by atoms with E-state index in [9.17, 15) is 4.79 Å². The van der Waals surface area contributed by atoms with Crippen LogP contribution in [0.5, 0.6) is 0 Å². The molecular formula is C22H46N2O. The van der Waals surface area contributed by atoms with Gasteiger partial charge in [-0.15, -0.1) is 0 Å². The van der Waals surface area contributed by atoms with Crippen molar-refractivity contribution < 1.29 is 4.79 Å². The fourth-order valence-corrected chi connectivity index (χ4v) is 3.19. The molecule has 150 valence electrons. The molecule has 3 nitrogen and oxygen atoms in total. The summed E-state index contributed by atoms with van der Waals surface area (Å²) in [5.41, 5.74) is 5.43. The number of carbonyl (C=O) groups excluding carboxylic acids is 1. The molecule has 0 aliphatic rings. The van der Waals surface area contributed by atoms with E-state index >= 15 is 0 Å². The van der Waals surface area contributed by atoms with E-state index < -0.39 is 0 Å². The monoisotopic (exact) mass is 354 g/mol. The number of rotatable bonds is 19. The Morgan fingerprint density at radius 1 is 0.720 bits per heavy atom. The second-order valence-electron chi connectivity index (χ2n) is 8.02. The highest BCUT2D eigenvalue weighted by Gasteiger charge is 2.00. The molecule has 1 amide bonds. The van der Waals surface area contributed by atoms with E-state index in [0.29, 0.717) is 13.0 Å². The number of carbonyl (C=O) groups is 1. The van der Waals surface area contributed by atoms with Gasteiger partial charge in [-0.25, -0.2) is 0 Å². The fraction of sp³-hybridized carbons (Fsp3) is 0.955. The van der Waals surface area contributed by atoms with Gasteiger partial charge in [0.25, 0.3) is 0 Å². The van der Waals surface area contributed by atoms with Crippen molar-refractivity contribution in [3.8, 4) is 0 Å². The Morgan fingerprint density at radius 3 is 1.68 bits per heavy atom. The van der Waals surface area contributed by atoms with Gasteiger partial charge in [-0.1, -0.05) is 90.9 Å². The largest absolute Gasteiger partial charge is 0.356 e. The van der Waals surface area contributed by atoms with E-state index in [4.69, 9.17) is 5.73 Å². The van der Waals surface area contributed by atoms with Crippen LogP contribution in [-0.4, -0.2) is 19.0 Å². The van der Waals surface area contributed by atoms with E-state index in [1.165, 1.54) is 77.0 Å². The third-order valence-electron chi connectivity index (χ3n) is 4.89. The van der Waals surface area contributed by atoms with Crippen molar-refractivity contribution >= 4 is 5.91 Å². The van der Waals surface area contributed by atoms with E-state index in [1.54, 1.807) is 0 Å². The number of hydrogen-bond donors (Lipinski definition) is 2. The first-order chi connectivity index (χ1) is 12.2. The van der Waals surface area contributed by atoms with Gasteiger partial charge in [-0.2, -0.15) is 0 Å². The normalized spacial score (nSPS) is 11.2. The third kappa shape index (κ3) is 21.4. The molecule has 0 aromatic carbocycles. The number of unbranched alkanes of at least 4 members (excludes halogenated alkanes) is 12. The number of amides is 1. The smallest absolute Gasteiger partial charge is 0.219 e. The summed E-state index contributed by atoms with van der Waals surface area (Å²) < 4.78 is 0. The van der Waals surface area contributed by atoms with Crippen molar-refractivity contribution in [2.45, 2.75) is 117 Å². The minimum absolute atomic E-state index is 0.213. The Bertz CT molecular complexity index is 279. The highest BCUT2D eigenvalue weighted by atomic mass is 16.1. The van der Waals surface area contributed by atoms with Gasteiger partial charge in [0, 0.05) is 13.0 Å². The van der Waals surface area contributed by atoms with Gasteiger partial charge in [-0.05, 0) is 31.7 Å². The van der Waals surface area contributed by atoms with Crippen LogP contribution in [0, 0.1) is 5.92 Å². The Morgan fingerprint density at radius 2 is 1.20 bits per heavy atom. The van der Waals surface area contributed by atoms with Gasteiger partial charge in [0.15, 0.2) is 0 Å². The minimum Gasteiger partial charge on any atom is -0.356 e. The lowest BCUT2D eigenvalue weighted by Gasteiger charge is -2.05. The predicted molar refractivity (Wildman–Crippen MR) is 111 cm³/mol. The molecule has 0 bridgehead atoms. The molecule has 0 aliphatic carbocycles. The highest BCUT2D eigenvalue weighted by Crippen LogP contribution is 2.14. The molecule has 0 aromatic heterocycles. The average molecular weight is 355 g/mol. The Labute approximate surface area is 157 Å². The third-order valence-corrected chi connectivity index (χ3v) is 4.89. The SMILES string of the molecule is CC(C)CCCCCCCCCCCCCCC(=O)NCCCCN. The van der Waals surface area contributed by atoms with Crippen LogP contribution in [0.4, 0.5) is 0 Å². The van der Waals surface area contributed by atoms with Gasteiger partial charge < -0.3 is 11.1 Å². The van der Waals surface area contributed by atoms with Crippen molar-refractivity contribution in [3.63, 3.8) is 0 Å². The summed E-state index contributed by atoms with van der Waals surface area (Å²) in [7, 11) is 0. The summed E-state index contributed by atoms with van der Waals surface area (Å²) in [6, 6.07) is 0. The van der Waals surface area contributed by atoms with Crippen molar-refractivity contribution in [1.82, 2.24) is 5.32 Å². The molecule has 25 heavy (non-hydrogen) atoms. The molecule has 0 atom stereocenters. The van der Waals surface area contributed by atoms with Crippen LogP contribution < -0.4 is 11.1 Å². The molecule has 0 aromatic rings. The summed E-state index contributed by atoms with van der Waals surface area (Å²) in [5, 5.41) is 2.97. The highest BCUT2D eigenvalue weighted by molar-refractivity contribution is 5.75. The molecule has 3 N–H and O–H groups in total. The maximum Gasteiger partial charge on any atom is 0.219 e. The zero-order chi connectivity index (χ0) is 18.6. The Balaban J connectivity index is 3.10. The first-order valence-corrected chi connectivity index (χ1v) is 11.1. The average Bonchev–Trinajstić information content (AvgIpc) is 2.58. The fourth-order valence-electron chi connectivity index (χ4n) is 3.19. The molecule has 0 heterocycles. The lowest BCUT2D eigenvalue weighted by atomic mass is 10.0. The lowest BCUT2D eigenvalue weighted by molar-refractivity contribution is -0.121. The Kier molecular flexibility index (Phi) is 19.3. The van der Waals surface area contributed by atoms with Crippen molar-refractivity contribution in [3.05, 3.63) is 0 Å². The maximum absolute atomic E-state index is 11.6. The quantitative estimate of drug-likeness (QED) is 0.281. The molecule has 3 heteroatoms. The van der Waals surface area contributed by atoms with Crippen molar-refractivity contribution in [2.75, 3.05) is 13.1 Å². The summed E-state index contributed by atoms with van der Waals surface area (Å²) in [5.74, 6) is 1.08. The van der Waals surface area contributed by atoms with Crippen LogP contribution in [0.25, 0.3) is 0 Å². The topological polar surface area (TPSA) is 55.1 Å². The molecule has 0 rings (SSSR count). The van der Waals surface area contributed by atoms with Crippen molar-refractivity contribution in [2.24, 2.45) is 11.7 Å². The van der Waals surface area contributed by atoms with Crippen LogP contribution in [0.2, 0.25) is 0 Å². The second-order valence-corrected chi connectivity index (χ2v) is 8.02. The van der Waals surface area contributed by atoms with Crippen LogP contribution >= 0.6 is 0 Å². The van der Waals surface area contributed by atoms with Gasteiger partial charge in [-0.3, -0.25) is 4.79 Å². The number of hydrogen-bond acceptors (Lipinski definition) is 2. The van der Waals surface area contributed by atoms with E-state index in [1.807, 2.05) is 0 Å². The Hall–Kier alpha value is -0.570. The first kappa shape index (κ1) is 24.4. The number of nitrogens with one attached hydrogen (secondary N) is 1. The summed E-state index contributed by atoms with van der Waals surface area (Å²) >= 11 is 0. The van der Waals surface area contributed by atoms with E-state index in [-0.39, 0.29) is 5.91 Å². The summed E-state index contributed by atoms with van der Waals surface area (Å²) in [6.45, 7) is 6.14. The molecule has 0 spiro atoms. The zero-order valence-corrected chi connectivity index (χ0v) is 17.3. The molecule has 0 saturated heterocycles. The van der Waals surface area contributed by atoms with Gasteiger partial charge >= 0.3 is 0 Å². The molecule has 0 fully saturated rings. The van der Waals surface area contributed by atoms with E-state index in [0.717, 1.165) is 31.7 Å². The predicted octanol–water partition coefficient (Wildman–Crippen LogP) is 5.96. The van der Waals surface area contributed by atoms with Crippen molar-refractivity contribution in [1.29, 1.82) is 0 Å². The molecule has 0 saturated carbocycles. The van der Waals surface area contributed by atoms with Crippen LogP contribution in [0.1, 0.15) is 117 Å². The maximum atomic E-state index is 11.6. The molecule has 0 unspecified atom stereocenters. The van der Waals surface area contributed by atoms with E-state index in [2.05, 4.69) is 19.2 Å². The molecular weight excluding hydrogens is 308 g/mol. The lowest BCUT2D eigenvalue weighted by Crippen LogP contribution is -2.24. The zero-order valence-electron chi connectivity index (χ0n) is 17.3. The van der Waals surface area contributed by atoms with Crippen LogP contribution in [-0.2, 0) is 4.79 Å². The van der Waals surface area contributed by atoms with Gasteiger partial charge in [0.05, 0.1) is 0 Å². The molecule has 0 aliphatic heterocycles. The van der Waals surface area contributed by atoms with Gasteiger partial charge in [0.2, 0.25) is 5.91 Å². The standard InChI is InChI=1S/C22H46N2O/c1-21(2)17-13-11-9-7-5-3-4-6-8-10-12-14-18-22(25)24-20-16-15-19-23/h21H,3-20,23H2,1-2H3,(H,24,25). The molecule has 0 radical (unpaired) electrons. The minimum atomic E-state index is 0.213. The van der Waals surface area contributed by atoms with Crippen LogP contribution in [0.3, 0.4) is 0 Å². The number of nitrogens with two attached hydrogens (primary N) is 1. The van der Waals surface area contributed by atoms with Crippen LogP contribution in [0.15, 0.2) is 0 Å². The van der Waals surface area contributed by atoms with Gasteiger partial charge in [0.1, 0.15) is 0 Å². The summed E-state index contributed by atoms with van der Waals surface area (Å²) in [4.78, 5) is 11.6. The summed E-state index contributed by atoms with van der Waals surface area (Å²) in [6.07, 6.45) is 20.3. The second kappa shape index (κ2) is 19.8. The first-order valence-electron chi connectivity index (χ1n) is 11.1.